The fourth-order valence-corrected chi connectivity index (χ4v) is 2.77. The van der Waals surface area contributed by atoms with Gasteiger partial charge in [0.2, 0.25) is 5.88 Å². The molecular formula is C15H26N4O. The van der Waals surface area contributed by atoms with Gasteiger partial charge < -0.3 is 15.4 Å². The van der Waals surface area contributed by atoms with E-state index in [2.05, 4.69) is 28.8 Å². The van der Waals surface area contributed by atoms with Gasteiger partial charge in [0.05, 0.1) is 6.10 Å². The lowest BCUT2D eigenvalue weighted by atomic mass is 9.87. The molecule has 5 nitrogen and oxygen atoms in total. The summed E-state index contributed by atoms with van der Waals surface area (Å²) in [5.41, 5.74) is 6.72. The molecule has 1 aromatic heterocycles. The van der Waals surface area contributed by atoms with E-state index in [0.29, 0.717) is 17.6 Å². The van der Waals surface area contributed by atoms with Crippen molar-refractivity contribution in [1.82, 2.24) is 9.97 Å². The highest BCUT2D eigenvalue weighted by atomic mass is 16.5. The zero-order valence-corrected chi connectivity index (χ0v) is 13.0. The average Bonchev–Trinajstić information content (AvgIpc) is 2.41. The molecule has 20 heavy (non-hydrogen) atoms. The van der Waals surface area contributed by atoms with Crippen LogP contribution in [0, 0.1) is 5.92 Å². The van der Waals surface area contributed by atoms with Crippen LogP contribution in [0.4, 0.5) is 11.5 Å². The number of nitrogen functional groups attached to an aromatic ring is 1. The third kappa shape index (κ3) is 3.32. The molecule has 0 aromatic carbocycles. The molecule has 1 aromatic rings. The second-order valence-corrected chi connectivity index (χ2v) is 6.11. The summed E-state index contributed by atoms with van der Waals surface area (Å²) in [5.74, 6) is 2.11. The Morgan fingerprint density at radius 3 is 2.50 bits per heavy atom. The maximum Gasteiger partial charge on any atom is 0.242 e. The zero-order valence-electron chi connectivity index (χ0n) is 13.0. The van der Waals surface area contributed by atoms with E-state index in [0.717, 1.165) is 11.7 Å². The largest absolute Gasteiger partial charge is 0.473 e. The van der Waals surface area contributed by atoms with Crippen LogP contribution in [0.3, 0.4) is 0 Å². The first-order chi connectivity index (χ1) is 9.49. The number of nitrogens with two attached hydrogens (primary N) is 1. The van der Waals surface area contributed by atoms with Gasteiger partial charge in [-0.1, -0.05) is 6.92 Å². The van der Waals surface area contributed by atoms with E-state index in [1.54, 1.807) is 0 Å². The molecule has 5 heteroatoms. The van der Waals surface area contributed by atoms with Crippen molar-refractivity contribution in [2.75, 3.05) is 17.7 Å². The minimum Gasteiger partial charge on any atom is -0.473 e. The van der Waals surface area contributed by atoms with Gasteiger partial charge in [0, 0.05) is 13.1 Å². The Kier molecular flexibility index (Phi) is 4.68. The summed E-state index contributed by atoms with van der Waals surface area (Å²) >= 11 is 0. The average molecular weight is 278 g/mol. The van der Waals surface area contributed by atoms with Crippen molar-refractivity contribution in [2.45, 2.75) is 58.6 Å². The van der Waals surface area contributed by atoms with Gasteiger partial charge in [0.15, 0.2) is 5.82 Å². The molecule has 0 radical (unpaired) electrons. The van der Waals surface area contributed by atoms with Gasteiger partial charge in [-0.25, -0.2) is 4.98 Å². The van der Waals surface area contributed by atoms with Gasteiger partial charge in [-0.3, -0.25) is 0 Å². The van der Waals surface area contributed by atoms with Crippen LogP contribution < -0.4 is 15.4 Å². The van der Waals surface area contributed by atoms with Gasteiger partial charge in [0.1, 0.15) is 12.0 Å². The van der Waals surface area contributed by atoms with Gasteiger partial charge in [-0.15, -0.1) is 0 Å². The van der Waals surface area contributed by atoms with Crippen molar-refractivity contribution < 1.29 is 4.74 Å². The highest BCUT2D eigenvalue weighted by molar-refractivity contribution is 5.67. The van der Waals surface area contributed by atoms with Gasteiger partial charge >= 0.3 is 0 Å². The first-order valence-corrected chi connectivity index (χ1v) is 7.49. The van der Waals surface area contributed by atoms with E-state index < -0.39 is 0 Å². The molecule has 1 aliphatic rings. The number of hydrogen-bond acceptors (Lipinski definition) is 5. The van der Waals surface area contributed by atoms with Crippen molar-refractivity contribution in [1.29, 1.82) is 0 Å². The van der Waals surface area contributed by atoms with Crippen LogP contribution in [0.5, 0.6) is 5.88 Å². The molecule has 0 unspecified atom stereocenters. The number of aromatic nitrogens is 2. The summed E-state index contributed by atoms with van der Waals surface area (Å²) in [7, 11) is 2.07. The Labute approximate surface area is 121 Å². The molecular weight excluding hydrogens is 252 g/mol. The van der Waals surface area contributed by atoms with Crippen molar-refractivity contribution in [3.8, 4) is 5.88 Å². The van der Waals surface area contributed by atoms with Crippen molar-refractivity contribution >= 4 is 11.5 Å². The molecule has 0 saturated heterocycles. The Balaban J connectivity index is 2.15. The lowest BCUT2D eigenvalue weighted by Crippen LogP contribution is -2.36. The van der Waals surface area contributed by atoms with E-state index in [4.69, 9.17) is 10.5 Å². The molecule has 1 heterocycles. The number of ether oxygens (including phenoxy) is 1. The summed E-state index contributed by atoms with van der Waals surface area (Å²) in [6.45, 7) is 6.25. The smallest absolute Gasteiger partial charge is 0.242 e. The lowest BCUT2D eigenvalue weighted by Gasteiger charge is -2.34. The van der Waals surface area contributed by atoms with Crippen molar-refractivity contribution in [3.05, 3.63) is 6.33 Å². The zero-order chi connectivity index (χ0) is 14.7. The first kappa shape index (κ1) is 14.9. The fourth-order valence-electron chi connectivity index (χ4n) is 2.77. The maximum absolute atomic E-state index is 6.17. The van der Waals surface area contributed by atoms with Crippen LogP contribution in [0.15, 0.2) is 6.33 Å². The summed E-state index contributed by atoms with van der Waals surface area (Å²) in [5, 5.41) is 0. The van der Waals surface area contributed by atoms with Gasteiger partial charge in [0.25, 0.3) is 0 Å². The molecule has 1 fully saturated rings. The van der Waals surface area contributed by atoms with Crippen molar-refractivity contribution in [2.24, 2.45) is 5.92 Å². The van der Waals surface area contributed by atoms with Crippen LogP contribution in [-0.2, 0) is 0 Å². The highest BCUT2D eigenvalue weighted by Crippen LogP contribution is 2.33. The lowest BCUT2D eigenvalue weighted by molar-refractivity contribution is 0.233. The molecule has 0 spiro atoms. The summed E-state index contributed by atoms with van der Waals surface area (Å²) in [4.78, 5) is 10.7. The van der Waals surface area contributed by atoms with E-state index in [1.807, 2.05) is 13.8 Å². The molecule has 2 N–H and O–H groups in total. The van der Waals surface area contributed by atoms with Crippen LogP contribution in [0.2, 0.25) is 0 Å². The molecule has 0 bridgehead atoms. The van der Waals surface area contributed by atoms with Gasteiger partial charge in [-0.2, -0.15) is 4.98 Å². The molecule has 2 rings (SSSR count). The van der Waals surface area contributed by atoms with Crippen LogP contribution >= 0.6 is 0 Å². The maximum atomic E-state index is 6.17. The molecule has 0 amide bonds. The Morgan fingerprint density at radius 1 is 1.25 bits per heavy atom. The monoisotopic (exact) mass is 278 g/mol. The number of hydrogen-bond donors (Lipinski definition) is 1. The standard InChI is InChI=1S/C15H26N4O/c1-10(2)20-15-13(16)14(17-9-18-15)19(4)12-7-5-11(3)6-8-12/h9-12H,5-8,16H2,1-4H3. The second kappa shape index (κ2) is 6.29. The van der Waals surface area contributed by atoms with E-state index in [-0.39, 0.29) is 6.10 Å². The topological polar surface area (TPSA) is 64.3 Å². The third-order valence-electron chi connectivity index (χ3n) is 4.04. The number of rotatable bonds is 4. The van der Waals surface area contributed by atoms with Gasteiger partial charge in [-0.05, 0) is 45.4 Å². The molecule has 112 valence electrons. The van der Waals surface area contributed by atoms with Crippen LogP contribution in [-0.4, -0.2) is 29.2 Å². The third-order valence-corrected chi connectivity index (χ3v) is 4.04. The Morgan fingerprint density at radius 2 is 1.90 bits per heavy atom. The Bertz CT molecular complexity index is 441. The van der Waals surface area contributed by atoms with E-state index >= 15 is 0 Å². The van der Waals surface area contributed by atoms with Crippen LogP contribution in [0.25, 0.3) is 0 Å². The Hall–Kier alpha value is -1.52. The molecule has 0 atom stereocenters. The minimum atomic E-state index is 0.0564. The fraction of sp³-hybridized carbons (Fsp3) is 0.733. The summed E-state index contributed by atoms with van der Waals surface area (Å²) in [6, 6.07) is 0.510. The highest BCUT2D eigenvalue weighted by Gasteiger charge is 2.25. The SMILES string of the molecule is CC1CCC(N(C)c2ncnc(OC(C)C)c2N)CC1. The molecule has 1 aliphatic carbocycles. The first-order valence-electron chi connectivity index (χ1n) is 7.49. The van der Waals surface area contributed by atoms with E-state index in [1.165, 1.54) is 32.0 Å². The minimum absolute atomic E-state index is 0.0564. The van der Waals surface area contributed by atoms with E-state index in [9.17, 15) is 0 Å². The predicted molar refractivity (Wildman–Crippen MR) is 82.0 cm³/mol. The summed E-state index contributed by atoms with van der Waals surface area (Å²) < 4.78 is 5.64. The second-order valence-electron chi connectivity index (χ2n) is 6.11. The summed E-state index contributed by atoms with van der Waals surface area (Å²) in [6.07, 6.45) is 6.53. The predicted octanol–water partition coefficient (Wildman–Crippen LogP) is 2.86. The number of anilines is 2. The molecule has 0 aliphatic heterocycles. The van der Waals surface area contributed by atoms with Crippen LogP contribution in [0.1, 0.15) is 46.5 Å². The number of nitrogens with zero attached hydrogens (tertiary/aromatic N) is 3. The quantitative estimate of drug-likeness (QED) is 0.917. The molecule has 1 saturated carbocycles. The van der Waals surface area contributed by atoms with Crippen molar-refractivity contribution in [3.63, 3.8) is 0 Å². The normalized spacial score (nSPS) is 22.9.